The number of carbonyl (C=O) groups excluding carboxylic acids is 1. The summed E-state index contributed by atoms with van der Waals surface area (Å²) >= 11 is 0. The van der Waals surface area contributed by atoms with Crippen LogP contribution >= 0.6 is 0 Å². The zero-order valence-corrected chi connectivity index (χ0v) is 11.7. The Balaban J connectivity index is 2.40. The summed E-state index contributed by atoms with van der Waals surface area (Å²) < 4.78 is 23.5. The van der Waals surface area contributed by atoms with E-state index in [4.69, 9.17) is 4.74 Å². The van der Waals surface area contributed by atoms with Gasteiger partial charge in [0.25, 0.3) is 0 Å². The number of carbonyl (C=O) groups is 1. The van der Waals surface area contributed by atoms with Crippen LogP contribution in [0.5, 0.6) is 5.75 Å². The molecule has 0 spiro atoms. The van der Waals surface area contributed by atoms with Crippen molar-refractivity contribution in [3.63, 3.8) is 0 Å². The second-order valence-corrected chi connectivity index (χ2v) is 4.73. The van der Waals surface area contributed by atoms with Gasteiger partial charge in [0, 0.05) is 6.42 Å². The molecule has 0 aliphatic rings. The summed E-state index contributed by atoms with van der Waals surface area (Å²) in [7, 11) is 1.37. The van der Waals surface area contributed by atoms with Crippen molar-refractivity contribution in [2.45, 2.75) is 39.0 Å². The first-order valence-electron chi connectivity index (χ1n) is 6.53. The lowest BCUT2D eigenvalue weighted by molar-refractivity contribution is -0.140. The molecule has 106 valence electrons. The van der Waals surface area contributed by atoms with Gasteiger partial charge in [0.05, 0.1) is 13.7 Å². The zero-order chi connectivity index (χ0) is 14.3. The molecular formula is C15H21FO3. The highest BCUT2D eigenvalue weighted by Crippen LogP contribution is 2.23. The normalized spacial score (nSPS) is 10.6. The minimum atomic E-state index is -0.350. The van der Waals surface area contributed by atoms with E-state index in [1.54, 1.807) is 12.1 Å². The number of rotatable bonds is 7. The minimum absolute atomic E-state index is 0.229. The maximum atomic E-state index is 13.5. The average molecular weight is 268 g/mol. The highest BCUT2D eigenvalue weighted by atomic mass is 19.1. The van der Waals surface area contributed by atoms with Crippen LogP contribution in [0.2, 0.25) is 0 Å². The maximum absolute atomic E-state index is 13.5. The van der Waals surface area contributed by atoms with Crippen molar-refractivity contribution in [2.75, 3.05) is 13.7 Å². The summed E-state index contributed by atoms with van der Waals surface area (Å²) in [5.41, 5.74) is 1.05. The largest absolute Gasteiger partial charge is 0.491 e. The number of unbranched alkanes of at least 4 members (excludes halogenated alkanes) is 1. The van der Waals surface area contributed by atoms with Crippen LogP contribution in [-0.2, 0) is 9.53 Å². The topological polar surface area (TPSA) is 35.5 Å². The van der Waals surface area contributed by atoms with E-state index >= 15 is 0 Å². The molecule has 19 heavy (non-hydrogen) atoms. The molecule has 1 aromatic rings. The molecule has 0 aliphatic heterocycles. The van der Waals surface area contributed by atoms with Gasteiger partial charge in [-0.25, -0.2) is 4.39 Å². The Labute approximate surface area is 113 Å². The molecule has 0 unspecified atom stereocenters. The quantitative estimate of drug-likeness (QED) is 0.559. The first-order chi connectivity index (χ1) is 9.04. The molecule has 0 fully saturated rings. The molecule has 0 N–H and O–H groups in total. The summed E-state index contributed by atoms with van der Waals surface area (Å²) in [6.07, 6.45) is 1.74. The van der Waals surface area contributed by atoms with Gasteiger partial charge in [0.2, 0.25) is 0 Å². The molecule has 0 aliphatic carbocycles. The lowest BCUT2D eigenvalue weighted by Crippen LogP contribution is -2.03. The summed E-state index contributed by atoms with van der Waals surface area (Å²) in [6.45, 7) is 4.50. The Morgan fingerprint density at radius 1 is 1.32 bits per heavy atom. The first kappa shape index (κ1) is 15.5. The fraction of sp³-hybridized carbons (Fsp3) is 0.533. The molecule has 0 heterocycles. The Bertz CT molecular complexity index is 416. The van der Waals surface area contributed by atoms with E-state index in [1.807, 2.05) is 13.8 Å². The van der Waals surface area contributed by atoms with Crippen molar-refractivity contribution in [3.8, 4) is 5.75 Å². The smallest absolute Gasteiger partial charge is 0.305 e. The molecule has 4 heteroatoms. The average Bonchev–Trinajstić information content (AvgIpc) is 2.39. The molecule has 0 amide bonds. The van der Waals surface area contributed by atoms with Crippen LogP contribution in [0.3, 0.4) is 0 Å². The van der Waals surface area contributed by atoms with Crippen LogP contribution in [0, 0.1) is 5.82 Å². The maximum Gasteiger partial charge on any atom is 0.305 e. The third-order valence-electron chi connectivity index (χ3n) is 2.88. The van der Waals surface area contributed by atoms with Crippen LogP contribution in [0.4, 0.5) is 4.39 Å². The van der Waals surface area contributed by atoms with Crippen molar-refractivity contribution in [3.05, 3.63) is 29.6 Å². The molecule has 1 aromatic carbocycles. The molecule has 1 rings (SSSR count). The van der Waals surface area contributed by atoms with Crippen molar-refractivity contribution in [2.24, 2.45) is 0 Å². The Kier molecular flexibility index (Phi) is 6.33. The van der Waals surface area contributed by atoms with Crippen molar-refractivity contribution < 1.29 is 18.7 Å². The summed E-state index contributed by atoms with van der Waals surface area (Å²) in [6, 6.07) is 4.93. The van der Waals surface area contributed by atoms with Gasteiger partial charge in [-0.2, -0.15) is 0 Å². The van der Waals surface area contributed by atoms with Gasteiger partial charge in [-0.1, -0.05) is 19.9 Å². The van der Waals surface area contributed by atoms with Gasteiger partial charge < -0.3 is 9.47 Å². The van der Waals surface area contributed by atoms with Crippen molar-refractivity contribution in [1.82, 2.24) is 0 Å². The van der Waals surface area contributed by atoms with Gasteiger partial charge in [-0.15, -0.1) is 0 Å². The highest BCUT2D eigenvalue weighted by molar-refractivity contribution is 5.68. The van der Waals surface area contributed by atoms with E-state index in [9.17, 15) is 9.18 Å². The third kappa shape index (κ3) is 5.28. The third-order valence-corrected chi connectivity index (χ3v) is 2.88. The lowest BCUT2D eigenvalue weighted by atomic mass is 10.0. The fourth-order valence-electron chi connectivity index (χ4n) is 1.65. The van der Waals surface area contributed by atoms with Gasteiger partial charge in [0.15, 0.2) is 11.6 Å². The van der Waals surface area contributed by atoms with Gasteiger partial charge in [0.1, 0.15) is 0 Å². The summed E-state index contributed by atoms with van der Waals surface area (Å²) in [5, 5.41) is 0. The second kappa shape index (κ2) is 7.77. The molecule has 0 aromatic heterocycles. The van der Waals surface area contributed by atoms with Gasteiger partial charge >= 0.3 is 5.97 Å². The SMILES string of the molecule is COC(=O)CCCCOc1cc(C(C)C)ccc1F. The Morgan fingerprint density at radius 3 is 2.68 bits per heavy atom. The summed E-state index contributed by atoms with van der Waals surface area (Å²) in [4.78, 5) is 10.9. The van der Waals surface area contributed by atoms with Crippen LogP contribution in [0.1, 0.15) is 44.6 Å². The van der Waals surface area contributed by atoms with Crippen LogP contribution in [0.15, 0.2) is 18.2 Å². The second-order valence-electron chi connectivity index (χ2n) is 4.73. The van der Waals surface area contributed by atoms with Crippen LogP contribution in [-0.4, -0.2) is 19.7 Å². The predicted molar refractivity (Wildman–Crippen MR) is 71.9 cm³/mol. The number of ether oxygens (including phenoxy) is 2. The van der Waals surface area contributed by atoms with Crippen molar-refractivity contribution in [1.29, 1.82) is 0 Å². The fourth-order valence-corrected chi connectivity index (χ4v) is 1.65. The van der Waals surface area contributed by atoms with E-state index in [0.29, 0.717) is 31.8 Å². The molecule has 0 saturated carbocycles. The predicted octanol–water partition coefficient (Wildman–Crippen LogP) is 3.67. The van der Waals surface area contributed by atoms with Crippen LogP contribution < -0.4 is 4.74 Å². The molecule has 0 atom stereocenters. The van der Waals surface area contributed by atoms with Crippen molar-refractivity contribution >= 4 is 5.97 Å². The lowest BCUT2D eigenvalue weighted by Gasteiger charge is -2.11. The number of hydrogen-bond donors (Lipinski definition) is 0. The zero-order valence-electron chi connectivity index (χ0n) is 11.7. The van der Waals surface area contributed by atoms with E-state index < -0.39 is 0 Å². The van der Waals surface area contributed by atoms with Crippen LogP contribution in [0.25, 0.3) is 0 Å². The molecule has 3 nitrogen and oxygen atoms in total. The number of methoxy groups -OCH3 is 1. The summed E-state index contributed by atoms with van der Waals surface area (Å²) in [5.74, 6) is 0.0388. The number of benzene rings is 1. The minimum Gasteiger partial charge on any atom is -0.491 e. The number of halogens is 1. The standard InChI is InChI=1S/C15H21FO3/c1-11(2)12-7-8-13(16)14(10-12)19-9-5-4-6-15(17)18-3/h7-8,10-11H,4-6,9H2,1-3H3. The van der Waals surface area contributed by atoms with Gasteiger partial charge in [-0.3, -0.25) is 4.79 Å². The van der Waals surface area contributed by atoms with E-state index in [-0.39, 0.29) is 17.5 Å². The Hall–Kier alpha value is -1.58. The number of esters is 1. The molecule has 0 bridgehead atoms. The monoisotopic (exact) mass is 268 g/mol. The highest BCUT2D eigenvalue weighted by Gasteiger charge is 2.07. The number of hydrogen-bond acceptors (Lipinski definition) is 3. The molecule has 0 radical (unpaired) electrons. The molecular weight excluding hydrogens is 247 g/mol. The Morgan fingerprint density at radius 2 is 2.05 bits per heavy atom. The molecule has 0 saturated heterocycles. The van der Waals surface area contributed by atoms with E-state index in [1.165, 1.54) is 13.2 Å². The van der Waals surface area contributed by atoms with E-state index in [0.717, 1.165) is 5.56 Å². The van der Waals surface area contributed by atoms with Gasteiger partial charge in [-0.05, 0) is 36.5 Å². The van der Waals surface area contributed by atoms with E-state index in [2.05, 4.69) is 4.74 Å². The first-order valence-corrected chi connectivity index (χ1v) is 6.53.